The van der Waals surface area contributed by atoms with E-state index in [0.29, 0.717) is 5.92 Å². The number of amides is 1. The van der Waals surface area contributed by atoms with E-state index in [1.165, 1.54) is 0 Å². The standard InChI is InChI=1S/C15H22N2O4S/c1-21-13-7-5-12(6-8-13)15(11-3-4-11)17-14(18)9-10-16-22(2,19)20/h5-8,11,15-16H,3-4,9-10H2,1-2H3,(H,17,18). The Kier molecular flexibility index (Phi) is 5.42. The zero-order chi connectivity index (χ0) is 16.2. The maximum absolute atomic E-state index is 12.0. The average molecular weight is 326 g/mol. The molecule has 2 rings (SSSR count). The number of hydrogen-bond acceptors (Lipinski definition) is 4. The lowest BCUT2D eigenvalue weighted by atomic mass is 10.0. The van der Waals surface area contributed by atoms with Gasteiger partial charge in [-0.25, -0.2) is 13.1 Å². The van der Waals surface area contributed by atoms with Crippen LogP contribution in [0.5, 0.6) is 5.75 Å². The fourth-order valence-electron chi connectivity index (χ4n) is 2.31. The number of sulfonamides is 1. The van der Waals surface area contributed by atoms with Crippen molar-refractivity contribution >= 4 is 15.9 Å². The second-order valence-corrected chi connectivity index (χ2v) is 7.41. The maximum atomic E-state index is 12.0. The molecule has 1 unspecified atom stereocenters. The Bertz CT molecular complexity index is 609. The van der Waals surface area contributed by atoms with Crippen molar-refractivity contribution in [3.63, 3.8) is 0 Å². The SMILES string of the molecule is COc1ccc(C(NC(=O)CCNS(C)(=O)=O)C2CC2)cc1. The minimum atomic E-state index is -3.26. The monoisotopic (exact) mass is 326 g/mol. The fraction of sp³-hybridized carbons (Fsp3) is 0.533. The van der Waals surface area contributed by atoms with Crippen LogP contribution in [0.25, 0.3) is 0 Å². The third-order valence-corrected chi connectivity index (χ3v) is 4.33. The molecule has 0 heterocycles. The van der Waals surface area contributed by atoms with Gasteiger partial charge in [0.25, 0.3) is 0 Å². The molecule has 0 bridgehead atoms. The Morgan fingerprint density at radius 2 is 1.95 bits per heavy atom. The highest BCUT2D eigenvalue weighted by molar-refractivity contribution is 7.88. The molecule has 1 aromatic rings. The predicted molar refractivity (Wildman–Crippen MR) is 84.1 cm³/mol. The van der Waals surface area contributed by atoms with E-state index < -0.39 is 10.0 Å². The zero-order valence-electron chi connectivity index (χ0n) is 12.8. The van der Waals surface area contributed by atoms with Crippen LogP contribution in [0.1, 0.15) is 30.9 Å². The first-order valence-electron chi connectivity index (χ1n) is 7.27. The van der Waals surface area contributed by atoms with Crippen LogP contribution in [-0.4, -0.2) is 34.2 Å². The molecule has 7 heteroatoms. The summed E-state index contributed by atoms with van der Waals surface area (Å²) in [7, 11) is -1.64. The summed E-state index contributed by atoms with van der Waals surface area (Å²) >= 11 is 0. The lowest BCUT2D eigenvalue weighted by molar-refractivity contribution is -0.121. The molecule has 2 N–H and O–H groups in total. The molecule has 1 amide bonds. The Morgan fingerprint density at radius 3 is 2.45 bits per heavy atom. The third-order valence-electron chi connectivity index (χ3n) is 3.60. The van der Waals surface area contributed by atoms with Crippen LogP contribution in [0.2, 0.25) is 0 Å². The molecule has 1 aliphatic rings. The quantitative estimate of drug-likeness (QED) is 0.752. The van der Waals surface area contributed by atoms with Crippen molar-refractivity contribution in [2.45, 2.75) is 25.3 Å². The van der Waals surface area contributed by atoms with Gasteiger partial charge in [-0.1, -0.05) is 12.1 Å². The molecule has 1 saturated carbocycles. The van der Waals surface area contributed by atoms with Crippen LogP contribution in [0.4, 0.5) is 0 Å². The fourth-order valence-corrected chi connectivity index (χ4v) is 2.78. The predicted octanol–water partition coefficient (Wildman–Crippen LogP) is 1.20. The molecule has 0 aromatic heterocycles. The van der Waals surface area contributed by atoms with Crippen LogP contribution in [-0.2, 0) is 14.8 Å². The summed E-state index contributed by atoms with van der Waals surface area (Å²) in [5.74, 6) is 1.09. The number of methoxy groups -OCH3 is 1. The van der Waals surface area contributed by atoms with E-state index in [0.717, 1.165) is 30.4 Å². The van der Waals surface area contributed by atoms with Crippen LogP contribution < -0.4 is 14.8 Å². The summed E-state index contributed by atoms with van der Waals surface area (Å²) in [5.41, 5.74) is 1.05. The van der Waals surface area contributed by atoms with Gasteiger partial charge in [0, 0.05) is 13.0 Å². The topological polar surface area (TPSA) is 84.5 Å². The van der Waals surface area contributed by atoms with Gasteiger partial charge >= 0.3 is 0 Å². The molecule has 6 nitrogen and oxygen atoms in total. The highest BCUT2D eigenvalue weighted by Crippen LogP contribution is 2.41. The minimum Gasteiger partial charge on any atom is -0.497 e. The van der Waals surface area contributed by atoms with Crippen LogP contribution in [0.15, 0.2) is 24.3 Å². The van der Waals surface area contributed by atoms with Crippen molar-refractivity contribution in [3.8, 4) is 5.75 Å². The van der Waals surface area contributed by atoms with Crippen LogP contribution in [0, 0.1) is 5.92 Å². The number of hydrogen-bond donors (Lipinski definition) is 2. The van der Waals surface area contributed by atoms with Crippen molar-refractivity contribution in [2.75, 3.05) is 19.9 Å². The zero-order valence-corrected chi connectivity index (χ0v) is 13.7. The smallest absolute Gasteiger partial charge is 0.221 e. The average Bonchev–Trinajstić information content (AvgIpc) is 3.28. The summed E-state index contributed by atoms with van der Waals surface area (Å²) in [4.78, 5) is 12.0. The van der Waals surface area contributed by atoms with Crippen molar-refractivity contribution in [2.24, 2.45) is 5.92 Å². The first-order valence-corrected chi connectivity index (χ1v) is 9.16. The second kappa shape index (κ2) is 7.11. The first-order chi connectivity index (χ1) is 10.4. The lowest BCUT2D eigenvalue weighted by Crippen LogP contribution is -2.33. The summed E-state index contributed by atoms with van der Waals surface area (Å²) in [6, 6.07) is 7.65. The number of carbonyl (C=O) groups excluding carboxylic acids is 1. The summed E-state index contributed by atoms with van der Waals surface area (Å²) in [6.45, 7) is 0.116. The van der Waals surface area contributed by atoms with E-state index >= 15 is 0 Å². The van der Waals surface area contributed by atoms with Crippen molar-refractivity contribution in [1.82, 2.24) is 10.0 Å². The van der Waals surface area contributed by atoms with E-state index in [1.807, 2.05) is 24.3 Å². The molecule has 122 valence electrons. The molecule has 1 aromatic carbocycles. The summed E-state index contributed by atoms with van der Waals surface area (Å²) < 4.78 is 29.4. The van der Waals surface area contributed by atoms with Gasteiger partial charge in [0.1, 0.15) is 5.75 Å². The van der Waals surface area contributed by atoms with Crippen LogP contribution >= 0.6 is 0 Å². The normalized spacial score (nSPS) is 16.1. The number of carbonyl (C=O) groups is 1. The Morgan fingerprint density at radius 1 is 1.32 bits per heavy atom. The minimum absolute atomic E-state index is 0.0170. The number of benzene rings is 1. The van der Waals surface area contributed by atoms with E-state index in [2.05, 4.69) is 10.0 Å². The van der Waals surface area contributed by atoms with Crippen molar-refractivity contribution in [1.29, 1.82) is 0 Å². The molecular weight excluding hydrogens is 304 g/mol. The number of nitrogens with one attached hydrogen (secondary N) is 2. The first kappa shape index (κ1) is 16.8. The molecule has 1 atom stereocenters. The molecule has 1 aliphatic carbocycles. The van der Waals surface area contributed by atoms with Gasteiger partial charge in [-0.05, 0) is 36.5 Å². The van der Waals surface area contributed by atoms with E-state index in [1.54, 1.807) is 7.11 Å². The lowest BCUT2D eigenvalue weighted by Gasteiger charge is -2.19. The molecule has 0 aliphatic heterocycles. The second-order valence-electron chi connectivity index (χ2n) is 5.57. The summed E-state index contributed by atoms with van der Waals surface area (Å²) in [5, 5.41) is 3.00. The van der Waals surface area contributed by atoms with Crippen molar-refractivity contribution in [3.05, 3.63) is 29.8 Å². The molecule has 0 saturated heterocycles. The highest BCUT2D eigenvalue weighted by atomic mass is 32.2. The molecular formula is C15H22N2O4S. The Hall–Kier alpha value is -1.60. The summed E-state index contributed by atoms with van der Waals surface area (Å²) in [6.07, 6.45) is 3.40. The number of ether oxygens (including phenoxy) is 1. The highest BCUT2D eigenvalue weighted by Gasteiger charge is 2.33. The van der Waals surface area contributed by atoms with Gasteiger partial charge < -0.3 is 10.1 Å². The van der Waals surface area contributed by atoms with Gasteiger partial charge in [-0.3, -0.25) is 4.79 Å². The maximum Gasteiger partial charge on any atom is 0.221 e. The third kappa shape index (κ3) is 5.31. The molecule has 0 radical (unpaired) electrons. The molecule has 22 heavy (non-hydrogen) atoms. The van der Waals surface area contributed by atoms with Gasteiger partial charge in [0.05, 0.1) is 19.4 Å². The van der Waals surface area contributed by atoms with E-state index in [4.69, 9.17) is 4.74 Å². The van der Waals surface area contributed by atoms with Gasteiger partial charge in [-0.15, -0.1) is 0 Å². The van der Waals surface area contributed by atoms with Gasteiger partial charge in [0.2, 0.25) is 15.9 Å². The molecule has 0 spiro atoms. The van der Waals surface area contributed by atoms with Crippen LogP contribution in [0.3, 0.4) is 0 Å². The molecule has 1 fully saturated rings. The largest absolute Gasteiger partial charge is 0.497 e. The van der Waals surface area contributed by atoms with Crippen molar-refractivity contribution < 1.29 is 17.9 Å². The van der Waals surface area contributed by atoms with Gasteiger partial charge in [-0.2, -0.15) is 0 Å². The van der Waals surface area contributed by atoms with E-state index in [9.17, 15) is 13.2 Å². The van der Waals surface area contributed by atoms with Gasteiger partial charge in [0.15, 0.2) is 0 Å². The Balaban J connectivity index is 1.92. The number of rotatable bonds is 8. The Labute approximate surface area is 131 Å². The van der Waals surface area contributed by atoms with E-state index in [-0.39, 0.29) is 24.9 Å².